The average molecular weight is 232 g/mol. The van der Waals surface area contributed by atoms with Crippen LogP contribution in [0.25, 0.3) is 5.52 Å². The van der Waals surface area contributed by atoms with Crippen molar-refractivity contribution in [3.05, 3.63) is 24.7 Å². The van der Waals surface area contributed by atoms with Crippen molar-refractivity contribution in [1.29, 1.82) is 0 Å². The summed E-state index contributed by atoms with van der Waals surface area (Å²) < 4.78 is 1.79. The van der Waals surface area contributed by atoms with Crippen LogP contribution in [0, 0.1) is 5.41 Å². The van der Waals surface area contributed by atoms with Gasteiger partial charge in [0, 0.05) is 23.9 Å². The highest BCUT2D eigenvalue weighted by Crippen LogP contribution is 2.42. The fourth-order valence-corrected chi connectivity index (χ4v) is 2.28. The molecule has 2 atom stereocenters. The maximum atomic E-state index is 9.72. The number of aromatic nitrogens is 3. The number of hydrogen-bond acceptors (Lipinski definition) is 4. The first kappa shape index (κ1) is 10.5. The maximum absolute atomic E-state index is 9.72. The molecule has 2 N–H and O–H groups in total. The third kappa shape index (κ3) is 1.50. The van der Waals surface area contributed by atoms with Gasteiger partial charge in [-0.2, -0.15) is 5.10 Å². The minimum atomic E-state index is -0.232. The summed E-state index contributed by atoms with van der Waals surface area (Å²) in [7, 11) is 0. The highest BCUT2D eigenvalue weighted by molar-refractivity contribution is 5.67. The second-order valence-corrected chi connectivity index (χ2v) is 5.21. The first-order chi connectivity index (χ1) is 8.09. The van der Waals surface area contributed by atoms with Crippen LogP contribution in [0.5, 0.6) is 0 Å². The zero-order valence-corrected chi connectivity index (χ0v) is 9.96. The first-order valence-corrected chi connectivity index (χ1v) is 5.82. The number of aliphatic hydroxyl groups is 1. The molecule has 2 unspecified atom stereocenters. The molecule has 0 saturated heterocycles. The molecule has 0 aromatic carbocycles. The van der Waals surface area contributed by atoms with E-state index >= 15 is 0 Å². The zero-order valence-electron chi connectivity index (χ0n) is 9.96. The molecule has 5 nitrogen and oxygen atoms in total. The molecular weight excluding hydrogens is 216 g/mol. The Morgan fingerprint density at radius 3 is 3.00 bits per heavy atom. The van der Waals surface area contributed by atoms with Crippen molar-refractivity contribution in [2.75, 3.05) is 5.32 Å². The summed E-state index contributed by atoms with van der Waals surface area (Å²) in [6, 6.07) is 2.18. The molecule has 0 spiro atoms. The molecule has 90 valence electrons. The number of nitrogens with one attached hydrogen (secondary N) is 1. The lowest BCUT2D eigenvalue weighted by atomic mass is 9.64. The van der Waals surface area contributed by atoms with Gasteiger partial charge in [-0.15, -0.1) is 0 Å². The van der Waals surface area contributed by atoms with Crippen LogP contribution in [0.3, 0.4) is 0 Å². The lowest BCUT2D eigenvalue weighted by Crippen LogP contribution is -2.57. The monoisotopic (exact) mass is 232 g/mol. The normalized spacial score (nSPS) is 26.8. The summed E-state index contributed by atoms with van der Waals surface area (Å²) in [5.41, 5.74) is 0.860. The van der Waals surface area contributed by atoms with E-state index in [9.17, 15) is 5.11 Å². The molecule has 5 heteroatoms. The number of fused-ring (bicyclic) bond motifs is 1. The second-order valence-electron chi connectivity index (χ2n) is 5.21. The molecule has 0 aliphatic heterocycles. The third-order valence-electron chi connectivity index (χ3n) is 3.85. The van der Waals surface area contributed by atoms with Gasteiger partial charge in [-0.05, 0) is 12.5 Å². The van der Waals surface area contributed by atoms with Gasteiger partial charge in [0.25, 0.3) is 0 Å². The number of hydrogen-bond donors (Lipinski definition) is 2. The molecular formula is C12H16N4O. The Bertz CT molecular complexity index is 548. The number of nitrogens with zero attached hydrogens (tertiary/aromatic N) is 3. The van der Waals surface area contributed by atoms with Crippen molar-refractivity contribution < 1.29 is 5.11 Å². The van der Waals surface area contributed by atoms with Gasteiger partial charge >= 0.3 is 0 Å². The zero-order chi connectivity index (χ0) is 12.0. The average Bonchev–Trinajstić information content (AvgIpc) is 2.77. The minimum Gasteiger partial charge on any atom is -0.392 e. The van der Waals surface area contributed by atoms with Gasteiger partial charge in [0.2, 0.25) is 0 Å². The summed E-state index contributed by atoms with van der Waals surface area (Å²) in [6.07, 6.45) is 5.84. The molecule has 17 heavy (non-hydrogen) atoms. The van der Waals surface area contributed by atoms with Crippen LogP contribution in [-0.4, -0.2) is 31.9 Å². The molecule has 3 rings (SSSR count). The minimum absolute atomic E-state index is 0.103. The van der Waals surface area contributed by atoms with Gasteiger partial charge in [-0.1, -0.05) is 13.8 Å². The van der Waals surface area contributed by atoms with E-state index in [0.717, 1.165) is 17.8 Å². The van der Waals surface area contributed by atoms with Gasteiger partial charge in [0.1, 0.15) is 5.52 Å². The maximum Gasteiger partial charge on any atom is 0.152 e. The van der Waals surface area contributed by atoms with Crippen molar-refractivity contribution in [3.63, 3.8) is 0 Å². The van der Waals surface area contributed by atoms with E-state index in [1.165, 1.54) is 0 Å². The summed E-state index contributed by atoms with van der Waals surface area (Å²) in [4.78, 5) is 4.34. The lowest BCUT2D eigenvalue weighted by molar-refractivity contribution is -0.0511. The van der Waals surface area contributed by atoms with E-state index in [0.29, 0.717) is 0 Å². The Morgan fingerprint density at radius 2 is 2.29 bits per heavy atom. The Labute approximate surface area is 99.5 Å². The Morgan fingerprint density at radius 1 is 1.47 bits per heavy atom. The molecule has 1 aliphatic rings. The Hall–Kier alpha value is -1.62. The largest absolute Gasteiger partial charge is 0.392 e. The van der Waals surface area contributed by atoms with Crippen LogP contribution < -0.4 is 5.32 Å². The van der Waals surface area contributed by atoms with Crippen LogP contribution in [-0.2, 0) is 0 Å². The number of anilines is 1. The van der Waals surface area contributed by atoms with Crippen molar-refractivity contribution >= 4 is 11.3 Å². The van der Waals surface area contributed by atoms with Crippen molar-refractivity contribution in [2.24, 2.45) is 5.41 Å². The predicted molar refractivity (Wildman–Crippen MR) is 64.8 cm³/mol. The molecule has 2 heterocycles. The molecule has 1 aliphatic carbocycles. The van der Waals surface area contributed by atoms with Crippen molar-refractivity contribution in [2.45, 2.75) is 32.4 Å². The van der Waals surface area contributed by atoms with E-state index in [1.54, 1.807) is 16.9 Å². The lowest BCUT2D eigenvalue weighted by Gasteiger charge is -2.49. The molecule has 2 aromatic rings. The summed E-state index contributed by atoms with van der Waals surface area (Å²) in [6.45, 7) is 4.13. The third-order valence-corrected chi connectivity index (χ3v) is 3.85. The Kier molecular flexibility index (Phi) is 2.13. The van der Waals surface area contributed by atoms with E-state index in [1.807, 2.05) is 12.3 Å². The van der Waals surface area contributed by atoms with Crippen LogP contribution >= 0.6 is 0 Å². The predicted octanol–water partition coefficient (Wildman–Crippen LogP) is 1.30. The summed E-state index contributed by atoms with van der Waals surface area (Å²) in [5.74, 6) is 0.829. The van der Waals surface area contributed by atoms with Crippen LogP contribution in [0.15, 0.2) is 24.7 Å². The highest BCUT2D eigenvalue weighted by atomic mass is 16.3. The quantitative estimate of drug-likeness (QED) is 0.819. The van der Waals surface area contributed by atoms with Gasteiger partial charge in [0.05, 0.1) is 12.3 Å². The number of rotatable bonds is 2. The number of aliphatic hydroxyl groups excluding tert-OH is 1. The first-order valence-electron chi connectivity index (χ1n) is 5.82. The smallest absolute Gasteiger partial charge is 0.152 e. The van der Waals surface area contributed by atoms with E-state index in [-0.39, 0.29) is 17.6 Å². The van der Waals surface area contributed by atoms with Gasteiger partial charge < -0.3 is 10.4 Å². The van der Waals surface area contributed by atoms with E-state index in [4.69, 9.17) is 0 Å². The standard InChI is InChI=1S/C12H16N4O/c1-12(2)9(7-10(12)17)15-11-8-3-4-14-16(8)6-5-13-11/h3-6,9-10,17H,7H2,1-2H3,(H,13,15). The molecule has 0 amide bonds. The van der Waals surface area contributed by atoms with Crippen LogP contribution in [0.1, 0.15) is 20.3 Å². The second kappa shape index (κ2) is 3.43. The van der Waals surface area contributed by atoms with Crippen molar-refractivity contribution in [3.8, 4) is 0 Å². The van der Waals surface area contributed by atoms with Gasteiger partial charge in [-0.25, -0.2) is 9.50 Å². The van der Waals surface area contributed by atoms with Gasteiger partial charge in [0.15, 0.2) is 5.82 Å². The molecule has 2 aromatic heterocycles. The topological polar surface area (TPSA) is 62.5 Å². The van der Waals surface area contributed by atoms with Gasteiger partial charge in [-0.3, -0.25) is 0 Å². The van der Waals surface area contributed by atoms with E-state index < -0.39 is 0 Å². The molecule has 1 saturated carbocycles. The van der Waals surface area contributed by atoms with E-state index in [2.05, 4.69) is 29.2 Å². The van der Waals surface area contributed by atoms with Crippen LogP contribution in [0.4, 0.5) is 5.82 Å². The summed E-state index contributed by atoms with van der Waals surface area (Å²) >= 11 is 0. The molecule has 1 fully saturated rings. The SMILES string of the molecule is CC1(C)C(O)CC1Nc1nccn2nccc12. The highest BCUT2D eigenvalue weighted by Gasteiger charge is 2.47. The molecule has 0 bridgehead atoms. The van der Waals surface area contributed by atoms with Crippen molar-refractivity contribution in [1.82, 2.24) is 14.6 Å². The molecule has 0 radical (unpaired) electrons. The van der Waals surface area contributed by atoms with Crippen LogP contribution in [0.2, 0.25) is 0 Å². The summed E-state index contributed by atoms with van der Waals surface area (Å²) in [5, 5.41) is 17.3. The Balaban J connectivity index is 1.89. The fraction of sp³-hybridized carbons (Fsp3) is 0.500. The fourth-order valence-electron chi connectivity index (χ4n) is 2.28.